The number of nitro groups is 1. The molecule has 0 aliphatic rings. The molecule has 1 aromatic carbocycles. The van der Waals surface area contributed by atoms with Crippen LogP contribution in [0, 0.1) is 10.1 Å². The fourth-order valence-corrected chi connectivity index (χ4v) is 1.94. The Labute approximate surface area is 75.6 Å². The van der Waals surface area contributed by atoms with Crippen LogP contribution in [0.25, 0.3) is 0 Å². The number of rotatable bonds is 2. The molecule has 0 saturated carbocycles. The Kier molecular flexibility index (Phi) is 2.85. The van der Waals surface area contributed by atoms with Crippen molar-refractivity contribution in [3.05, 3.63) is 34.4 Å². The van der Waals surface area contributed by atoms with Crippen LogP contribution in [0.3, 0.4) is 0 Å². The van der Waals surface area contributed by atoms with Gasteiger partial charge in [-0.3, -0.25) is 10.1 Å². The molecule has 1 rings (SSSR count). The summed E-state index contributed by atoms with van der Waals surface area (Å²) >= 11 is -0.803. The summed E-state index contributed by atoms with van der Waals surface area (Å²) in [5.74, 6) is 4.39. The number of non-ortho nitro benzene ring substituents is 1. The number of benzene rings is 1. The molecule has 0 saturated heterocycles. The fraction of sp³-hybridized carbons (Fsp3) is 0.250. The van der Waals surface area contributed by atoms with Gasteiger partial charge in [-0.25, -0.2) is 0 Å². The molecule has 0 aromatic heterocycles. The molecule has 62 valence electrons. The molecule has 0 unspecified atom stereocenters. The topological polar surface area (TPSA) is 43.1 Å². The van der Waals surface area contributed by atoms with Gasteiger partial charge >= 0.3 is 0 Å². The van der Waals surface area contributed by atoms with E-state index < -0.39 is 14.1 Å². The third kappa shape index (κ3) is 2.07. The second-order valence-corrected chi connectivity index (χ2v) is 5.98. The van der Waals surface area contributed by atoms with Gasteiger partial charge in [0.25, 0.3) is 19.8 Å². The average Bonchev–Trinajstić information content (AvgIpc) is 2.04. The zero-order valence-electron chi connectivity index (χ0n) is 7.15. The Morgan fingerprint density at radius 2 is 1.75 bits per heavy atom. The lowest BCUT2D eigenvalue weighted by Crippen LogP contribution is -2.21. The molecule has 0 aliphatic heterocycles. The van der Waals surface area contributed by atoms with Gasteiger partial charge in [0.15, 0.2) is 0 Å². The molecule has 0 spiro atoms. The molecule has 4 heteroatoms. The van der Waals surface area contributed by atoms with Crippen molar-refractivity contribution >= 4 is 24.3 Å². The van der Waals surface area contributed by atoms with Gasteiger partial charge in [-0.1, -0.05) is 12.1 Å². The molecule has 1 aromatic rings. The summed E-state index contributed by atoms with van der Waals surface area (Å²) in [7, 11) is 0. The molecule has 0 amide bonds. The van der Waals surface area contributed by atoms with Gasteiger partial charge in [-0.2, -0.15) is 0 Å². The van der Waals surface area contributed by atoms with Crippen molar-refractivity contribution < 1.29 is 4.92 Å². The maximum atomic E-state index is 10.3. The van der Waals surface area contributed by atoms with Crippen molar-refractivity contribution in [1.29, 1.82) is 0 Å². The van der Waals surface area contributed by atoms with Crippen LogP contribution < -0.4 is 4.43 Å². The first-order chi connectivity index (χ1) is 5.61. The van der Waals surface area contributed by atoms with Gasteiger partial charge < -0.3 is 0 Å². The minimum absolute atomic E-state index is 0.174. The molecule has 3 nitrogen and oxygen atoms in total. The third-order valence-electron chi connectivity index (χ3n) is 1.77. The van der Waals surface area contributed by atoms with E-state index >= 15 is 0 Å². The number of hydrogen-bond donors (Lipinski definition) is 0. The smallest absolute Gasteiger partial charge is 0.258 e. The Hall–Kier alpha value is -0.848. The largest absolute Gasteiger partial charge is 0.299 e. The Morgan fingerprint density at radius 1 is 1.25 bits per heavy atom. The van der Waals surface area contributed by atoms with Crippen LogP contribution in [0.1, 0.15) is 0 Å². The van der Waals surface area contributed by atoms with E-state index in [4.69, 9.17) is 0 Å². The van der Waals surface area contributed by atoms with Crippen LogP contribution >= 0.6 is 0 Å². The summed E-state index contributed by atoms with van der Waals surface area (Å²) in [6, 6.07) is 6.86. The predicted molar refractivity (Wildman–Crippen MR) is 50.2 cm³/mol. The maximum Gasteiger partial charge on any atom is 0.299 e. The highest BCUT2D eigenvalue weighted by Gasteiger charge is 2.08. The fourth-order valence-electron chi connectivity index (χ4n) is 0.981. The standard InChI is InChI=1S/C6H4NO2.2CH3.Al/c8-7(9)6-4-2-1-3-5-6;;;/h2-5H;2*1H3;. The van der Waals surface area contributed by atoms with Crippen molar-refractivity contribution in [3.8, 4) is 0 Å². The predicted octanol–water partition coefficient (Wildman–Crippen LogP) is 1.56. The lowest BCUT2D eigenvalue weighted by molar-refractivity contribution is -0.384. The monoisotopic (exact) mass is 179 g/mol. The van der Waals surface area contributed by atoms with E-state index in [9.17, 15) is 10.1 Å². The highest BCUT2D eigenvalue weighted by atomic mass is 27.2. The molecule has 0 aliphatic carbocycles. The molecular formula is C8H10AlNO2. The normalized spacial score (nSPS) is 9.50. The van der Waals surface area contributed by atoms with Gasteiger partial charge in [-0.05, 0) is 0 Å². The summed E-state index contributed by atoms with van der Waals surface area (Å²) in [5, 5.41) is 10.3. The molecule has 12 heavy (non-hydrogen) atoms. The molecule has 0 radical (unpaired) electrons. The van der Waals surface area contributed by atoms with E-state index in [1.807, 2.05) is 12.1 Å². The zero-order valence-corrected chi connectivity index (χ0v) is 8.31. The highest BCUT2D eigenvalue weighted by Crippen LogP contribution is 2.07. The minimum atomic E-state index is -0.803. The van der Waals surface area contributed by atoms with Crippen LogP contribution in [0.5, 0.6) is 0 Å². The third-order valence-corrected chi connectivity index (χ3v) is 3.49. The van der Waals surface area contributed by atoms with Crippen molar-refractivity contribution in [2.75, 3.05) is 0 Å². The Balaban J connectivity index is 2.93. The van der Waals surface area contributed by atoms with Crippen LogP contribution in [0.15, 0.2) is 24.3 Å². The first kappa shape index (κ1) is 9.24. The van der Waals surface area contributed by atoms with Crippen LogP contribution in [-0.2, 0) is 0 Å². The molecule has 0 heterocycles. The number of nitro benzene ring substituents is 1. The molecule has 0 N–H and O–H groups in total. The second kappa shape index (κ2) is 3.70. The SMILES string of the molecule is [CH3][Al]([CH3])[c]1ccc([N+](=O)[O-])cc1. The first-order valence-corrected chi connectivity index (χ1v) is 6.74. The van der Waals surface area contributed by atoms with E-state index in [0.717, 1.165) is 0 Å². The van der Waals surface area contributed by atoms with Crippen LogP contribution in [0.4, 0.5) is 5.69 Å². The van der Waals surface area contributed by atoms with Gasteiger partial charge in [0.1, 0.15) is 0 Å². The summed E-state index contributed by atoms with van der Waals surface area (Å²) in [4.78, 5) is 9.93. The van der Waals surface area contributed by atoms with E-state index in [1.165, 1.54) is 4.43 Å². The first-order valence-electron chi connectivity index (χ1n) is 3.85. The van der Waals surface area contributed by atoms with E-state index in [1.54, 1.807) is 12.1 Å². The van der Waals surface area contributed by atoms with E-state index in [0.29, 0.717) is 0 Å². The minimum Gasteiger partial charge on any atom is -0.258 e. The Bertz CT molecular complexity index is 282. The summed E-state index contributed by atoms with van der Waals surface area (Å²) in [6.45, 7) is 0. The molecule has 0 atom stereocenters. The van der Waals surface area contributed by atoms with Gasteiger partial charge in [-0.15, -0.1) is 16.0 Å². The number of nitrogens with zero attached hydrogens (tertiary/aromatic N) is 1. The average molecular weight is 179 g/mol. The van der Waals surface area contributed by atoms with Gasteiger partial charge in [0.2, 0.25) is 0 Å². The lowest BCUT2D eigenvalue weighted by atomic mass is 10.3. The highest BCUT2D eigenvalue weighted by molar-refractivity contribution is 6.70. The quantitative estimate of drug-likeness (QED) is 0.392. The van der Waals surface area contributed by atoms with Crippen LogP contribution in [0.2, 0.25) is 11.6 Å². The van der Waals surface area contributed by atoms with Gasteiger partial charge in [0.05, 0.1) is 4.92 Å². The van der Waals surface area contributed by atoms with Crippen molar-refractivity contribution in [1.82, 2.24) is 0 Å². The van der Waals surface area contributed by atoms with Crippen molar-refractivity contribution in [3.63, 3.8) is 0 Å². The second-order valence-electron chi connectivity index (χ2n) is 3.00. The maximum absolute atomic E-state index is 10.3. The van der Waals surface area contributed by atoms with Gasteiger partial charge in [0, 0.05) is 12.1 Å². The zero-order chi connectivity index (χ0) is 9.14. The van der Waals surface area contributed by atoms with E-state index in [2.05, 4.69) is 11.6 Å². The molecule has 0 fully saturated rings. The van der Waals surface area contributed by atoms with Crippen molar-refractivity contribution in [2.24, 2.45) is 0 Å². The molecular weight excluding hydrogens is 169 g/mol. The molecule has 0 bridgehead atoms. The summed E-state index contributed by atoms with van der Waals surface area (Å²) in [6.07, 6.45) is 0. The number of hydrogen-bond acceptors (Lipinski definition) is 2. The Morgan fingerprint density at radius 3 is 2.08 bits per heavy atom. The summed E-state index contributed by atoms with van der Waals surface area (Å²) in [5.41, 5.74) is 0.174. The van der Waals surface area contributed by atoms with Crippen LogP contribution in [-0.4, -0.2) is 19.1 Å². The lowest BCUT2D eigenvalue weighted by Gasteiger charge is -1.98. The summed E-state index contributed by atoms with van der Waals surface area (Å²) < 4.78 is 1.26. The van der Waals surface area contributed by atoms with Crippen molar-refractivity contribution in [2.45, 2.75) is 11.6 Å². The van der Waals surface area contributed by atoms with E-state index in [-0.39, 0.29) is 10.6 Å².